The molecule has 1 amide bonds. The van der Waals surface area contributed by atoms with Gasteiger partial charge >= 0.3 is 0 Å². The molecule has 0 fully saturated rings. The van der Waals surface area contributed by atoms with E-state index >= 15 is 0 Å². The number of rotatable bonds is 5. The SMILES string of the molecule is Cc1nc(SCC(=O)NCc2ccco2)c2c3c(sc2n1)C[C@H](C)CC3. The summed E-state index contributed by atoms with van der Waals surface area (Å²) in [6, 6.07) is 3.67. The van der Waals surface area contributed by atoms with Gasteiger partial charge in [0.15, 0.2) is 0 Å². The van der Waals surface area contributed by atoms with Crippen molar-refractivity contribution in [2.75, 3.05) is 5.75 Å². The van der Waals surface area contributed by atoms with Crippen LogP contribution in [0.1, 0.15) is 35.4 Å². The summed E-state index contributed by atoms with van der Waals surface area (Å²) in [5.74, 6) is 2.57. The summed E-state index contributed by atoms with van der Waals surface area (Å²) in [4.78, 5) is 24.0. The number of amides is 1. The Labute approximate surface area is 160 Å². The number of hydrogen-bond donors (Lipinski definition) is 1. The van der Waals surface area contributed by atoms with Gasteiger partial charge in [0.05, 0.1) is 18.6 Å². The lowest BCUT2D eigenvalue weighted by Gasteiger charge is -2.18. The minimum Gasteiger partial charge on any atom is -0.467 e. The van der Waals surface area contributed by atoms with Crippen molar-refractivity contribution < 1.29 is 9.21 Å². The van der Waals surface area contributed by atoms with Gasteiger partial charge in [0, 0.05) is 10.3 Å². The number of carbonyl (C=O) groups is 1. The Kier molecular flexibility index (Phi) is 5.00. The molecule has 7 heteroatoms. The summed E-state index contributed by atoms with van der Waals surface area (Å²) in [5.41, 5.74) is 1.40. The zero-order chi connectivity index (χ0) is 18.1. The Balaban J connectivity index is 1.51. The molecule has 0 unspecified atom stereocenters. The first-order chi connectivity index (χ1) is 12.6. The number of nitrogens with one attached hydrogen (secondary N) is 1. The standard InChI is InChI=1S/C19H21N3O2S2/c1-11-5-6-14-15(8-11)26-19-17(14)18(21-12(2)22-19)25-10-16(23)20-9-13-4-3-7-24-13/h3-4,7,11H,5-6,8-10H2,1-2H3,(H,20,23)/t11-/m1/s1. The van der Waals surface area contributed by atoms with Crippen LogP contribution in [0, 0.1) is 12.8 Å². The molecule has 0 saturated carbocycles. The van der Waals surface area contributed by atoms with E-state index < -0.39 is 0 Å². The predicted molar refractivity (Wildman–Crippen MR) is 105 cm³/mol. The zero-order valence-electron chi connectivity index (χ0n) is 14.9. The normalized spacial score (nSPS) is 16.6. The van der Waals surface area contributed by atoms with Crippen LogP contribution in [0.2, 0.25) is 0 Å². The minimum atomic E-state index is -0.0199. The van der Waals surface area contributed by atoms with Crippen LogP contribution in [-0.4, -0.2) is 21.6 Å². The van der Waals surface area contributed by atoms with Crippen molar-refractivity contribution in [1.29, 1.82) is 0 Å². The second kappa shape index (κ2) is 7.40. The van der Waals surface area contributed by atoms with E-state index in [9.17, 15) is 4.79 Å². The van der Waals surface area contributed by atoms with E-state index in [1.165, 1.54) is 34.0 Å². The third kappa shape index (κ3) is 3.64. The smallest absolute Gasteiger partial charge is 0.230 e. The zero-order valence-corrected chi connectivity index (χ0v) is 16.5. The fourth-order valence-corrected chi connectivity index (χ4v) is 5.72. The molecule has 0 bridgehead atoms. The third-order valence-electron chi connectivity index (χ3n) is 4.61. The number of furan rings is 1. The van der Waals surface area contributed by atoms with Crippen LogP contribution in [0.25, 0.3) is 10.2 Å². The lowest BCUT2D eigenvalue weighted by atomic mass is 9.89. The highest BCUT2D eigenvalue weighted by Gasteiger charge is 2.24. The molecule has 3 heterocycles. The second-order valence-electron chi connectivity index (χ2n) is 6.75. The van der Waals surface area contributed by atoms with Gasteiger partial charge in [-0.1, -0.05) is 18.7 Å². The largest absolute Gasteiger partial charge is 0.467 e. The fraction of sp³-hybridized carbons (Fsp3) is 0.421. The number of thiophene rings is 1. The van der Waals surface area contributed by atoms with Crippen LogP contribution in [0.5, 0.6) is 0 Å². The quantitative estimate of drug-likeness (QED) is 0.527. The average Bonchev–Trinajstić information content (AvgIpc) is 3.24. The van der Waals surface area contributed by atoms with Gasteiger partial charge in [0.2, 0.25) is 5.91 Å². The van der Waals surface area contributed by atoms with Gasteiger partial charge in [-0.05, 0) is 49.8 Å². The van der Waals surface area contributed by atoms with Crippen molar-refractivity contribution in [1.82, 2.24) is 15.3 Å². The number of fused-ring (bicyclic) bond motifs is 3. The Morgan fingerprint density at radius 3 is 3.15 bits per heavy atom. The third-order valence-corrected chi connectivity index (χ3v) is 6.74. The van der Waals surface area contributed by atoms with Gasteiger partial charge in [-0.25, -0.2) is 9.97 Å². The molecular formula is C19H21N3O2S2. The monoisotopic (exact) mass is 387 g/mol. The summed E-state index contributed by atoms with van der Waals surface area (Å²) in [5, 5.41) is 5.00. The molecule has 3 aromatic rings. The highest BCUT2D eigenvalue weighted by atomic mass is 32.2. The molecule has 0 radical (unpaired) electrons. The highest BCUT2D eigenvalue weighted by molar-refractivity contribution is 8.00. The molecule has 5 nitrogen and oxygen atoms in total. The molecule has 0 aromatic carbocycles. The van der Waals surface area contributed by atoms with Crippen molar-refractivity contribution >= 4 is 39.2 Å². The van der Waals surface area contributed by atoms with E-state index in [-0.39, 0.29) is 5.91 Å². The number of hydrogen-bond acceptors (Lipinski definition) is 6. The van der Waals surface area contributed by atoms with Gasteiger partial charge < -0.3 is 9.73 Å². The molecule has 26 heavy (non-hydrogen) atoms. The lowest BCUT2D eigenvalue weighted by molar-refractivity contribution is -0.118. The number of nitrogens with zero attached hydrogens (tertiary/aromatic N) is 2. The number of carbonyl (C=O) groups excluding carboxylic acids is 1. The van der Waals surface area contributed by atoms with Crippen LogP contribution in [0.3, 0.4) is 0 Å². The van der Waals surface area contributed by atoms with Crippen molar-refractivity contribution in [2.45, 2.75) is 44.7 Å². The highest BCUT2D eigenvalue weighted by Crippen LogP contribution is 2.40. The summed E-state index contributed by atoms with van der Waals surface area (Å²) >= 11 is 3.30. The van der Waals surface area contributed by atoms with Crippen LogP contribution in [-0.2, 0) is 24.2 Å². The molecule has 1 aliphatic carbocycles. The van der Waals surface area contributed by atoms with Crippen LogP contribution in [0.15, 0.2) is 27.8 Å². The Hall–Kier alpha value is -1.86. The first-order valence-electron chi connectivity index (χ1n) is 8.81. The van der Waals surface area contributed by atoms with Gasteiger partial charge in [-0.2, -0.15) is 0 Å². The van der Waals surface area contributed by atoms with E-state index in [0.29, 0.717) is 12.3 Å². The summed E-state index contributed by atoms with van der Waals surface area (Å²) in [6.45, 7) is 4.64. The number of aryl methyl sites for hydroxylation is 2. The molecule has 136 valence electrons. The molecule has 0 aliphatic heterocycles. The van der Waals surface area contributed by atoms with E-state index in [2.05, 4.69) is 22.2 Å². The van der Waals surface area contributed by atoms with Crippen LogP contribution < -0.4 is 5.32 Å². The van der Waals surface area contributed by atoms with E-state index in [1.807, 2.05) is 19.1 Å². The lowest BCUT2D eigenvalue weighted by Crippen LogP contribution is -2.24. The maximum absolute atomic E-state index is 12.2. The Bertz CT molecular complexity index is 934. The summed E-state index contributed by atoms with van der Waals surface area (Å²) in [6.07, 6.45) is 5.03. The van der Waals surface area contributed by atoms with Crippen molar-refractivity contribution in [2.24, 2.45) is 5.92 Å². The molecule has 0 spiro atoms. The molecule has 1 aliphatic rings. The minimum absolute atomic E-state index is 0.0199. The van der Waals surface area contributed by atoms with Crippen LogP contribution in [0.4, 0.5) is 0 Å². The van der Waals surface area contributed by atoms with Crippen molar-refractivity contribution in [3.8, 4) is 0 Å². The first kappa shape index (κ1) is 17.5. The molecule has 1 N–H and O–H groups in total. The van der Waals surface area contributed by atoms with Gasteiger partial charge in [0.1, 0.15) is 21.4 Å². The Morgan fingerprint density at radius 1 is 1.46 bits per heavy atom. The maximum Gasteiger partial charge on any atom is 0.230 e. The summed E-state index contributed by atoms with van der Waals surface area (Å²) in [7, 11) is 0. The maximum atomic E-state index is 12.2. The molecule has 3 aromatic heterocycles. The van der Waals surface area contributed by atoms with Crippen molar-refractivity contribution in [3.63, 3.8) is 0 Å². The predicted octanol–water partition coefficient (Wildman–Crippen LogP) is 4.13. The average molecular weight is 388 g/mol. The molecular weight excluding hydrogens is 366 g/mol. The van der Waals surface area contributed by atoms with E-state index in [4.69, 9.17) is 4.42 Å². The van der Waals surface area contributed by atoms with Gasteiger partial charge in [-0.15, -0.1) is 11.3 Å². The Morgan fingerprint density at radius 2 is 2.35 bits per heavy atom. The summed E-state index contributed by atoms with van der Waals surface area (Å²) < 4.78 is 5.24. The van der Waals surface area contributed by atoms with E-state index in [0.717, 1.165) is 40.2 Å². The van der Waals surface area contributed by atoms with Gasteiger partial charge in [0.25, 0.3) is 0 Å². The van der Waals surface area contributed by atoms with Crippen LogP contribution >= 0.6 is 23.1 Å². The van der Waals surface area contributed by atoms with Crippen molar-refractivity contribution in [3.05, 3.63) is 40.4 Å². The number of aromatic nitrogens is 2. The molecule has 1 atom stereocenters. The molecule has 4 rings (SSSR count). The second-order valence-corrected chi connectivity index (χ2v) is 8.80. The fourth-order valence-electron chi connectivity index (χ4n) is 3.30. The van der Waals surface area contributed by atoms with E-state index in [1.54, 1.807) is 17.6 Å². The van der Waals surface area contributed by atoms with Gasteiger partial charge in [-0.3, -0.25) is 4.79 Å². The number of thioether (sulfide) groups is 1. The molecule has 0 saturated heterocycles. The topological polar surface area (TPSA) is 68.0 Å². The first-order valence-corrected chi connectivity index (χ1v) is 10.6.